The summed E-state index contributed by atoms with van der Waals surface area (Å²) in [6.45, 7) is 2.00. The lowest BCUT2D eigenvalue weighted by molar-refractivity contribution is -0.0980. The molecule has 6 heteroatoms. The number of benzene rings is 1. The summed E-state index contributed by atoms with van der Waals surface area (Å²) in [4.78, 5) is 19.1. The Morgan fingerprint density at radius 3 is 2.29 bits per heavy atom. The van der Waals surface area contributed by atoms with Gasteiger partial charge in [0.1, 0.15) is 11.7 Å². The van der Waals surface area contributed by atoms with E-state index in [-0.39, 0.29) is 10.5 Å². The lowest BCUT2D eigenvalue weighted by Gasteiger charge is -1.91. The van der Waals surface area contributed by atoms with Crippen molar-refractivity contribution in [3.63, 3.8) is 0 Å². The van der Waals surface area contributed by atoms with Crippen LogP contribution in [0.25, 0.3) is 0 Å². The van der Waals surface area contributed by atoms with E-state index in [0.717, 1.165) is 0 Å². The number of hydrogen-bond donors (Lipinski definition) is 1. The third kappa shape index (κ3) is 1.51. The smallest absolute Gasteiger partial charge is 0.266 e. The van der Waals surface area contributed by atoms with Crippen LogP contribution in [0.5, 0.6) is 0 Å². The minimum absolute atomic E-state index is 0.0648. The van der Waals surface area contributed by atoms with Crippen molar-refractivity contribution in [2.45, 2.75) is 4.90 Å². The van der Waals surface area contributed by atoms with Gasteiger partial charge in [-0.25, -0.2) is 13.1 Å². The van der Waals surface area contributed by atoms with Gasteiger partial charge in [0, 0.05) is 0 Å². The van der Waals surface area contributed by atoms with Crippen LogP contribution < -0.4 is 4.72 Å². The number of hydrogen-bond acceptors (Lipinski definition) is 4. The van der Waals surface area contributed by atoms with Crippen molar-refractivity contribution in [2.24, 2.45) is 0 Å². The van der Waals surface area contributed by atoms with E-state index < -0.39 is 15.9 Å². The van der Waals surface area contributed by atoms with Crippen molar-refractivity contribution in [3.8, 4) is 0 Å². The zero-order chi connectivity index (χ0) is 10.8. The SMILES string of the molecule is C=O.O=C1NS(=O)(=O)c2ccccc21. The molecule has 0 aromatic heterocycles. The molecule has 14 heavy (non-hydrogen) atoms. The van der Waals surface area contributed by atoms with Gasteiger partial charge in [-0.1, -0.05) is 12.1 Å². The molecule has 1 aromatic carbocycles. The van der Waals surface area contributed by atoms with Crippen LogP contribution in [0.3, 0.4) is 0 Å². The summed E-state index contributed by atoms with van der Waals surface area (Å²) in [5.41, 5.74) is 0.220. The number of rotatable bonds is 0. The maximum atomic E-state index is 11.1. The van der Waals surface area contributed by atoms with E-state index in [1.165, 1.54) is 12.1 Å². The molecule has 1 aliphatic heterocycles. The van der Waals surface area contributed by atoms with Crippen LogP contribution in [0.2, 0.25) is 0 Å². The van der Waals surface area contributed by atoms with Gasteiger partial charge in [-0.05, 0) is 12.1 Å². The Bertz CT molecular complexity index is 466. The summed E-state index contributed by atoms with van der Waals surface area (Å²) < 4.78 is 24.2. The van der Waals surface area contributed by atoms with Crippen molar-refractivity contribution < 1.29 is 18.0 Å². The average molecular weight is 213 g/mol. The lowest BCUT2D eigenvalue weighted by atomic mass is 10.2. The monoisotopic (exact) mass is 213 g/mol. The van der Waals surface area contributed by atoms with Crippen LogP contribution in [0, 0.1) is 0 Å². The maximum absolute atomic E-state index is 11.1. The Hall–Kier alpha value is -1.69. The van der Waals surface area contributed by atoms with Gasteiger partial charge in [-0.3, -0.25) is 4.79 Å². The Labute approximate surface area is 80.8 Å². The average Bonchev–Trinajstić information content (AvgIpc) is 2.42. The molecule has 0 fully saturated rings. The van der Waals surface area contributed by atoms with Gasteiger partial charge in [0.15, 0.2) is 0 Å². The Morgan fingerprint density at radius 1 is 1.14 bits per heavy atom. The molecule has 0 radical (unpaired) electrons. The second-order valence-electron chi connectivity index (χ2n) is 2.43. The van der Waals surface area contributed by atoms with Crippen LogP contribution in [-0.4, -0.2) is 21.1 Å². The van der Waals surface area contributed by atoms with Crippen molar-refractivity contribution in [1.29, 1.82) is 0 Å². The molecule has 74 valence electrons. The van der Waals surface area contributed by atoms with Crippen LogP contribution >= 0.6 is 0 Å². The molecule has 1 N–H and O–H groups in total. The van der Waals surface area contributed by atoms with Crippen LogP contribution in [0.4, 0.5) is 0 Å². The number of nitrogens with one attached hydrogen (secondary N) is 1. The number of carbonyl (C=O) groups excluding carboxylic acids is 2. The second-order valence-corrected chi connectivity index (χ2v) is 4.08. The van der Waals surface area contributed by atoms with Crippen molar-refractivity contribution >= 4 is 22.7 Å². The fourth-order valence-electron chi connectivity index (χ4n) is 1.12. The summed E-state index contributed by atoms with van der Waals surface area (Å²) in [7, 11) is -3.55. The van der Waals surface area contributed by atoms with E-state index in [9.17, 15) is 13.2 Å². The summed E-state index contributed by atoms with van der Waals surface area (Å²) in [6, 6.07) is 6.09. The lowest BCUT2D eigenvalue weighted by Crippen LogP contribution is -2.20. The first kappa shape index (κ1) is 10.4. The van der Waals surface area contributed by atoms with Gasteiger partial charge in [0.05, 0.1) is 5.56 Å². The molecule has 1 aliphatic rings. The van der Waals surface area contributed by atoms with E-state index in [1.54, 1.807) is 12.1 Å². The van der Waals surface area contributed by atoms with E-state index in [4.69, 9.17) is 4.79 Å². The fraction of sp³-hybridized carbons (Fsp3) is 0. The molecule has 0 aliphatic carbocycles. The van der Waals surface area contributed by atoms with Crippen LogP contribution in [0.1, 0.15) is 10.4 Å². The van der Waals surface area contributed by atoms with E-state index in [2.05, 4.69) is 0 Å². The molecule has 1 aromatic rings. The van der Waals surface area contributed by atoms with E-state index >= 15 is 0 Å². The normalized spacial score (nSPS) is 16.1. The molecule has 0 atom stereocenters. The third-order valence-electron chi connectivity index (χ3n) is 1.65. The number of sulfonamides is 1. The first-order valence-electron chi connectivity index (χ1n) is 3.56. The molecular weight excluding hydrogens is 206 g/mol. The Balaban J connectivity index is 0.000000461. The maximum Gasteiger partial charge on any atom is 0.266 e. The summed E-state index contributed by atoms with van der Waals surface area (Å²) in [5.74, 6) is -0.550. The molecule has 1 heterocycles. The summed E-state index contributed by atoms with van der Waals surface area (Å²) >= 11 is 0. The van der Waals surface area contributed by atoms with E-state index in [0.29, 0.717) is 0 Å². The molecule has 2 rings (SSSR count). The first-order valence-corrected chi connectivity index (χ1v) is 5.04. The molecular formula is C8H7NO4S. The highest BCUT2D eigenvalue weighted by Crippen LogP contribution is 2.20. The number of carbonyl (C=O) groups is 2. The molecule has 0 spiro atoms. The number of fused-ring (bicyclic) bond motifs is 1. The second kappa shape index (κ2) is 3.59. The molecule has 0 saturated heterocycles. The van der Waals surface area contributed by atoms with Gasteiger partial charge < -0.3 is 4.79 Å². The fourth-order valence-corrected chi connectivity index (χ4v) is 2.29. The Kier molecular flexibility index (Phi) is 2.66. The Morgan fingerprint density at radius 2 is 1.71 bits per heavy atom. The molecule has 5 nitrogen and oxygen atoms in total. The zero-order valence-corrected chi connectivity index (χ0v) is 7.87. The van der Waals surface area contributed by atoms with Gasteiger partial charge >= 0.3 is 0 Å². The summed E-state index contributed by atoms with van der Waals surface area (Å²) in [6.07, 6.45) is 0. The van der Waals surface area contributed by atoms with Crippen molar-refractivity contribution in [3.05, 3.63) is 29.8 Å². The molecule has 0 saturated carbocycles. The highest BCUT2D eigenvalue weighted by Gasteiger charge is 2.31. The standard InChI is InChI=1S/C7H5NO3S.CH2O/c9-7-5-3-1-2-4-6(5)12(10,11)8-7;1-2/h1-4H,(H,8,9);1H2. The van der Waals surface area contributed by atoms with Gasteiger partial charge in [-0.15, -0.1) is 0 Å². The van der Waals surface area contributed by atoms with Gasteiger partial charge in [-0.2, -0.15) is 0 Å². The zero-order valence-electron chi connectivity index (χ0n) is 7.06. The summed E-state index contributed by atoms with van der Waals surface area (Å²) in [5, 5.41) is 0. The van der Waals surface area contributed by atoms with Gasteiger partial charge in [0.2, 0.25) is 0 Å². The highest BCUT2D eigenvalue weighted by atomic mass is 32.2. The van der Waals surface area contributed by atoms with E-state index in [1.807, 2.05) is 11.5 Å². The minimum Gasteiger partial charge on any atom is -0.307 e. The number of amides is 1. The largest absolute Gasteiger partial charge is 0.307 e. The molecule has 0 bridgehead atoms. The van der Waals surface area contributed by atoms with Crippen LogP contribution in [0.15, 0.2) is 29.2 Å². The van der Waals surface area contributed by atoms with Gasteiger partial charge in [0.25, 0.3) is 15.9 Å². The molecule has 1 amide bonds. The quantitative estimate of drug-likeness (QED) is 0.654. The first-order chi connectivity index (χ1) is 6.61. The minimum atomic E-state index is -3.55. The highest BCUT2D eigenvalue weighted by molar-refractivity contribution is 7.90. The predicted octanol–water partition coefficient (Wildman–Crippen LogP) is -0.0662. The predicted molar refractivity (Wildman–Crippen MR) is 48.2 cm³/mol. The van der Waals surface area contributed by atoms with Crippen LogP contribution in [-0.2, 0) is 14.8 Å². The van der Waals surface area contributed by atoms with Crippen molar-refractivity contribution in [1.82, 2.24) is 4.72 Å². The molecule has 0 unspecified atom stereocenters. The topological polar surface area (TPSA) is 80.3 Å². The third-order valence-corrected chi connectivity index (χ3v) is 3.04. The van der Waals surface area contributed by atoms with Crippen molar-refractivity contribution in [2.75, 3.05) is 0 Å².